The quantitative estimate of drug-likeness (QED) is 0.189. The van der Waals surface area contributed by atoms with Crippen molar-refractivity contribution in [2.24, 2.45) is 0 Å². The summed E-state index contributed by atoms with van der Waals surface area (Å²) in [6.45, 7) is 0. The molecule has 0 atom stereocenters. The summed E-state index contributed by atoms with van der Waals surface area (Å²) >= 11 is 6.48. The molecular weight excluding hydrogens is 475 g/mol. The van der Waals surface area contributed by atoms with Gasteiger partial charge in [0, 0.05) is 22.4 Å². The van der Waals surface area contributed by atoms with Crippen molar-refractivity contribution in [3.05, 3.63) is 130 Å². The minimum absolute atomic E-state index is 0.314. The van der Waals surface area contributed by atoms with Crippen LogP contribution >= 0.6 is 11.6 Å². The zero-order valence-electron chi connectivity index (χ0n) is 18.9. The van der Waals surface area contributed by atoms with E-state index in [1.807, 2.05) is 54.6 Å². The van der Waals surface area contributed by atoms with Gasteiger partial charge in [0.25, 0.3) is 0 Å². The van der Waals surface area contributed by atoms with Gasteiger partial charge in [-0.15, -0.1) is 0 Å². The van der Waals surface area contributed by atoms with E-state index in [1.165, 1.54) is 12.1 Å². The molecule has 6 rings (SSSR count). The second-order valence-corrected chi connectivity index (χ2v) is 8.89. The number of fused-ring (bicyclic) bond motifs is 3. The molecule has 0 amide bonds. The summed E-state index contributed by atoms with van der Waals surface area (Å²) in [6.07, 6.45) is 0.355. The van der Waals surface area contributed by atoms with Crippen molar-refractivity contribution in [2.45, 2.75) is 6.42 Å². The monoisotopic (exact) mass is 492 g/mol. The summed E-state index contributed by atoms with van der Waals surface area (Å²) < 4.78 is 19.1. The predicted molar refractivity (Wildman–Crippen MR) is 141 cm³/mol. The van der Waals surface area contributed by atoms with Gasteiger partial charge in [-0.3, -0.25) is 0 Å². The van der Waals surface area contributed by atoms with Crippen molar-refractivity contribution >= 4 is 33.3 Å². The number of hydrogen-bond donors (Lipinski definition) is 0. The summed E-state index contributed by atoms with van der Waals surface area (Å²) in [5.74, 6) is 0.164. The van der Waals surface area contributed by atoms with Gasteiger partial charge >= 0.3 is 5.63 Å². The molecule has 4 aromatic carbocycles. The number of halogens is 2. The first-order valence-corrected chi connectivity index (χ1v) is 11.8. The van der Waals surface area contributed by atoms with Crippen LogP contribution in [-0.2, 0) is 6.42 Å². The molecule has 0 bridgehead atoms. The number of nitrogens with zero attached hydrogens (tertiary/aromatic N) is 2. The van der Waals surface area contributed by atoms with Crippen LogP contribution in [0.15, 0.2) is 106 Å². The standard InChI is InChI=1S/C30H18ClFN2O2/c31-25-8-4-3-7-22(25)26-17-27(34-29(33-26)15-18-9-12-20(32)13-10-18)24-16-23-21-6-2-1-5-19(21)11-14-28(23)36-30(24)35/h1-14,16-17H,15H2. The van der Waals surface area contributed by atoms with Gasteiger partial charge in [0.15, 0.2) is 0 Å². The molecule has 0 saturated heterocycles. The number of benzene rings is 4. The van der Waals surface area contributed by atoms with Crippen LogP contribution < -0.4 is 5.63 Å². The number of rotatable bonds is 4. The molecule has 0 aliphatic heterocycles. The van der Waals surface area contributed by atoms with Crippen molar-refractivity contribution in [1.29, 1.82) is 0 Å². The molecule has 0 fully saturated rings. The first kappa shape index (κ1) is 22.1. The van der Waals surface area contributed by atoms with Crippen molar-refractivity contribution in [1.82, 2.24) is 9.97 Å². The van der Waals surface area contributed by atoms with Gasteiger partial charge in [-0.05, 0) is 52.7 Å². The third-order valence-corrected chi connectivity index (χ3v) is 6.45. The Morgan fingerprint density at radius 3 is 2.28 bits per heavy atom. The third kappa shape index (κ3) is 4.14. The van der Waals surface area contributed by atoms with Crippen LogP contribution in [0.4, 0.5) is 4.39 Å². The van der Waals surface area contributed by atoms with Crippen LogP contribution in [0.1, 0.15) is 11.4 Å². The van der Waals surface area contributed by atoms with Gasteiger partial charge in [0.2, 0.25) is 0 Å². The number of aromatic nitrogens is 2. The topological polar surface area (TPSA) is 56.0 Å². The molecule has 6 heteroatoms. The average molecular weight is 493 g/mol. The fourth-order valence-electron chi connectivity index (χ4n) is 4.36. The molecule has 0 unspecified atom stereocenters. The lowest BCUT2D eigenvalue weighted by Gasteiger charge is -2.11. The van der Waals surface area contributed by atoms with Gasteiger partial charge in [-0.25, -0.2) is 19.2 Å². The highest BCUT2D eigenvalue weighted by Crippen LogP contribution is 2.31. The normalized spacial score (nSPS) is 11.3. The van der Waals surface area contributed by atoms with Crippen LogP contribution in [-0.4, -0.2) is 9.97 Å². The van der Waals surface area contributed by atoms with Crippen molar-refractivity contribution < 1.29 is 8.81 Å². The van der Waals surface area contributed by atoms with Gasteiger partial charge in [0.1, 0.15) is 17.2 Å². The highest BCUT2D eigenvalue weighted by Gasteiger charge is 2.16. The average Bonchev–Trinajstić information content (AvgIpc) is 2.89. The van der Waals surface area contributed by atoms with E-state index >= 15 is 0 Å². The van der Waals surface area contributed by atoms with Gasteiger partial charge in [-0.2, -0.15) is 0 Å². The summed E-state index contributed by atoms with van der Waals surface area (Å²) in [5.41, 5.74) is 2.92. The zero-order chi connectivity index (χ0) is 24.6. The summed E-state index contributed by atoms with van der Waals surface area (Å²) in [4.78, 5) is 22.5. The molecule has 0 spiro atoms. The van der Waals surface area contributed by atoms with Crippen LogP contribution in [0.25, 0.3) is 44.3 Å². The van der Waals surface area contributed by atoms with E-state index in [0.717, 1.165) is 27.3 Å². The van der Waals surface area contributed by atoms with Crippen molar-refractivity contribution in [2.75, 3.05) is 0 Å². The SMILES string of the molecule is O=c1oc2ccc3ccccc3c2cc1-c1cc(-c2ccccc2Cl)nc(Cc2ccc(F)cc2)n1. The van der Waals surface area contributed by atoms with E-state index in [9.17, 15) is 9.18 Å². The molecule has 174 valence electrons. The van der Waals surface area contributed by atoms with Crippen LogP contribution in [0, 0.1) is 5.82 Å². The second kappa shape index (κ2) is 9.02. The molecule has 36 heavy (non-hydrogen) atoms. The Morgan fingerprint density at radius 1 is 0.750 bits per heavy atom. The lowest BCUT2D eigenvalue weighted by Crippen LogP contribution is -2.07. The molecule has 2 heterocycles. The molecule has 0 saturated carbocycles. The van der Waals surface area contributed by atoms with E-state index in [1.54, 1.807) is 30.3 Å². The Balaban J connectivity index is 1.57. The zero-order valence-corrected chi connectivity index (χ0v) is 19.7. The maximum atomic E-state index is 13.4. The fourth-order valence-corrected chi connectivity index (χ4v) is 4.59. The molecule has 0 N–H and O–H groups in total. The molecule has 0 aliphatic rings. The highest BCUT2D eigenvalue weighted by atomic mass is 35.5. The Bertz CT molecular complexity index is 1810. The summed E-state index contributed by atoms with van der Waals surface area (Å²) in [7, 11) is 0. The maximum Gasteiger partial charge on any atom is 0.345 e. The minimum Gasteiger partial charge on any atom is -0.422 e. The largest absolute Gasteiger partial charge is 0.422 e. The van der Waals surface area contributed by atoms with Gasteiger partial charge in [-0.1, -0.05) is 72.3 Å². The highest BCUT2D eigenvalue weighted by molar-refractivity contribution is 6.33. The van der Waals surface area contributed by atoms with E-state index in [4.69, 9.17) is 26.0 Å². The summed E-state index contributed by atoms with van der Waals surface area (Å²) in [5, 5.41) is 3.38. The second-order valence-electron chi connectivity index (χ2n) is 8.48. The van der Waals surface area contributed by atoms with Crippen LogP contribution in [0.2, 0.25) is 5.02 Å². The Morgan fingerprint density at radius 2 is 1.47 bits per heavy atom. The molecule has 4 nitrogen and oxygen atoms in total. The van der Waals surface area contributed by atoms with Crippen molar-refractivity contribution in [3.63, 3.8) is 0 Å². The minimum atomic E-state index is -0.491. The van der Waals surface area contributed by atoms with Crippen LogP contribution in [0.3, 0.4) is 0 Å². The maximum absolute atomic E-state index is 13.4. The molecule has 6 aromatic rings. The summed E-state index contributed by atoms with van der Waals surface area (Å²) in [6, 6.07) is 28.8. The van der Waals surface area contributed by atoms with Gasteiger partial charge in [0.05, 0.1) is 17.0 Å². The lowest BCUT2D eigenvalue weighted by molar-refractivity contribution is 0.563. The predicted octanol–water partition coefficient (Wildman–Crippen LogP) is 7.45. The number of hydrogen-bond acceptors (Lipinski definition) is 4. The first-order chi connectivity index (χ1) is 17.5. The van der Waals surface area contributed by atoms with Crippen LogP contribution in [0.5, 0.6) is 0 Å². The lowest BCUT2D eigenvalue weighted by atomic mass is 10.0. The molecule has 0 aliphatic carbocycles. The van der Waals surface area contributed by atoms with Crippen molar-refractivity contribution in [3.8, 4) is 22.5 Å². The first-order valence-electron chi connectivity index (χ1n) is 11.4. The molecular formula is C30H18ClFN2O2. The smallest absolute Gasteiger partial charge is 0.345 e. The van der Waals surface area contributed by atoms with E-state index in [-0.39, 0.29) is 5.82 Å². The molecule has 0 radical (unpaired) electrons. The fraction of sp³-hybridized carbons (Fsp3) is 0.0333. The molecule has 2 aromatic heterocycles. The van der Waals surface area contributed by atoms with E-state index in [2.05, 4.69) is 0 Å². The Kier molecular flexibility index (Phi) is 5.55. The Labute approximate surface area is 210 Å². The van der Waals surface area contributed by atoms with E-state index in [0.29, 0.717) is 39.8 Å². The van der Waals surface area contributed by atoms with E-state index < -0.39 is 5.63 Å². The third-order valence-electron chi connectivity index (χ3n) is 6.12. The van der Waals surface area contributed by atoms with Gasteiger partial charge < -0.3 is 4.42 Å². The Hall–Kier alpha value is -4.35.